The molecular formula is C23H38O4. The molecule has 2 heterocycles. The Morgan fingerprint density at radius 1 is 1.04 bits per heavy atom. The van der Waals surface area contributed by atoms with Gasteiger partial charge >= 0.3 is 0 Å². The highest BCUT2D eigenvalue weighted by atomic mass is 16.8. The summed E-state index contributed by atoms with van der Waals surface area (Å²) in [4.78, 5) is 0. The van der Waals surface area contributed by atoms with Crippen molar-refractivity contribution in [3.63, 3.8) is 0 Å². The van der Waals surface area contributed by atoms with Crippen molar-refractivity contribution < 1.29 is 18.9 Å². The van der Waals surface area contributed by atoms with Crippen molar-refractivity contribution in [3.05, 3.63) is 48.7 Å². The third-order valence-electron chi connectivity index (χ3n) is 3.37. The maximum atomic E-state index is 5.41. The monoisotopic (exact) mass is 378 g/mol. The van der Waals surface area contributed by atoms with Crippen LogP contribution in [0, 0.1) is 5.92 Å². The maximum absolute atomic E-state index is 5.41. The van der Waals surface area contributed by atoms with E-state index in [0.29, 0.717) is 6.61 Å². The Bertz CT molecular complexity index is 526. The van der Waals surface area contributed by atoms with E-state index in [4.69, 9.17) is 18.9 Å². The van der Waals surface area contributed by atoms with Crippen molar-refractivity contribution in [2.24, 2.45) is 5.92 Å². The summed E-state index contributed by atoms with van der Waals surface area (Å²) >= 11 is 0. The molecule has 0 saturated carbocycles. The van der Waals surface area contributed by atoms with Gasteiger partial charge in [0.1, 0.15) is 19.0 Å². The average Bonchev–Trinajstić information content (AvgIpc) is 3.55. The number of hydrogen-bond donors (Lipinski definition) is 0. The Morgan fingerprint density at radius 2 is 1.48 bits per heavy atom. The quantitative estimate of drug-likeness (QED) is 0.423. The summed E-state index contributed by atoms with van der Waals surface area (Å²) in [6.07, 6.45) is 1.31. The molecule has 2 atom stereocenters. The second-order valence-electron chi connectivity index (χ2n) is 6.57. The molecule has 4 heteroatoms. The topological polar surface area (TPSA) is 43.5 Å². The summed E-state index contributed by atoms with van der Waals surface area (Å²) in [7, 11) is 0. The molecule has 2 fully saturated rings. The van der Waals surface area contributed by atoms with Gasteiger partial charge in [0.25, 0.3) is 0 Å². The predicted molar refractivity (Wildman–Crippen MR) is 114 cm³/mol. The van der Waals surface area contributed by atoms with Crippen molar-refractivity contribution >= 4 is 5.57 Å². The van der Waals surface area contributed by atoms with Crippen LogP contribution in [0.25, 0.3) is 5.57 Å². The molecule has 4 nitrogen and oxygen atoms in total. The second-order valence-corrected chi connectivity index (χ2v) is 6.57. The Morgan fingerprint density at radius 3 is 1.74 bits per heavy atom. The van der Waals surface area contributed by atoms with Gasteiger partial charge in [0.2, 0.25) is 12.6 Å². The van der Waals surface area contributed by atoms with E-state index < -0.39 is 0 Å². The summed E-state index contributed by atoms with van der Waals surface area (Å²) in [5.41, 5.74) is 2.21. The smallest absolute Gasteiger partial charge is 0.223 e. The molecule has 0 N–H and O–H groups in total. The minimum Gasteiger partial charge on any atom is -0.468 e. The zero-order chi connectivity index (χ0) is 20.8. The number of rotatable bonds is 6. The van der Waals surface area contributed by atoms with Crippen LogP contribution in [0.4, 0.5) is 0 Å². The van der Waals surface area contributed by atoms with Crippen molar-refractivity contribution in [2.75, 3.05) is 13.2 Å². The molecule has 1 aromatic rings. The molecular weight excluding hydrogens is 340 g/mol. The SMILES string of the molecule is C=C(C)OC1CO1.C=C(C)c1ccc(OC2CO2)cc1.CC.CCC(C)C. The third kappa shape index (κ3) is 15.0. The van der Waals surface area contributed by atoms with Gasteiger partial charge in [-0.15, -0.1) is 0 Å². The molecule has 0 bridgehead atoms. The average molecular weight is 379 g/mol. The molecule has 154 valence electrons. The van der Waals surface area contributed by atoms with Crippen LogP contribution in [0.2, 0.25) is 0 Å². The summed E-state index contributed by atoms with van der Waals surface area (Å²) in [6.45, 7) is 23.3. The zero-order valence-corrected chi connectivity index (χ0v) is 18.2. The van der Waals surface area contributed by atoms with Crippen LogP contribution in [0.15, 0.2) is 43.2 Å². The summed E-state index contributed by atoms with van der Waals surface area (Å²) in [5, 5.41) is 0. The van der Waals surface area contributed by atoms with Gasteiger partial charge in [0, 0.05) is 0 Å². The van der Waals surface area contributed by atoms with Crippen molar-refractivity contribution in [3.8, 4) is 5.75 Å². The number of hydrogen-bond acceptors (Lipinski definition) is 4. The van der Waals surface area contributed by atoms with E-state index in [9.17, 15) is 0 Å². The van der Waals surface area contributed by atoms with Crippen LogP contribution in [-0.4, -0.2) is 25.8 Å². The van der Waals surface area contributed by atoms with Gasteiger partial charge in [-0.25, -0.2) is 0 Å². The zero-order valence-electron chi connectivity index (χ0n) is 18.2. The molecule has 27 heavy (non-hydrogen) atoms. The maximum Gasteiger partial charge on any atom is 0.223 e. The van der Waals surface area contributed by atoms with Gasteiger partial charge < -0.3 is 18.9 Å². The fourth-order valence-electron chi connectivity index (χ4n) is 1.41. The Hall–Kier alpha value is -1.78. The molecule has 2 unspecified atom stereocenters. The minimum atomic E-state index is -0.0179. The number of allylic oxidation sites excluding steroid dienone is 2. The lowest BCUT2D eigenvalue weighted by Crippen LogP contribution is -1.97. The number of epoxide rings is 2. The van der Waals surface area contributed by atoms with Crippen molar-refractivity contribution in [1.29, 1.82) is 0 Å². The van der Waals surface area contributed by atoms with Gasteiger partial charge in [0.05, 0.1) is 5.76 Å². The van der Waals surface area contributed by atoms with E-state index in [-0.39, 0.29) is 12.6 Å². The summed E-state index contributed by atoms with van der Waals surface area (Å²) in [5.74, 6) is 2.46. The van der Waals surface area contributed by atoms with Crippen LogP contribution in [0.1, 0.15) is 60.5 Å². The van der Waals surface area contributed by atoms with Gasteiger partial charge in [0.15, 0.2) is 0 Å². The van der Waals surface area contributed by atoms with Gasteiger partial charge in [-0.1, -0.05) is 71.9 Å². The largest absolute Gasteiger partial charge is 0.468 e. The lowest BCUT2D eigenvalue weighted by Gasteiger charge is -2.03. The van der Waals surface area contributed by atoms with Crippen LogP contribution >= 0.6 is 0 Å². The van der Waals surface area contributed by atoms with Crippen LogP contribution in [-0.2, 0) is 14.2 Å². The predicted octanol–water partition coefficient (Wildman–Crippen LogP) is 6.43. The molecule has 0 aliphatic carbocycles. The van der Waals surface area contributed by atoms with Crippen molar-refractivity contribution in [1.82, 2.24) is 0 Å². The molecule has 0 spiro atoms. The lowest BCUT2D eigenvalue weighted by molar-refractivity contribution is 0.109. The minimum absolute atomic E-state index is 0.0179. The first-order valence-corrected chi connectivity index (χ1v) is 9.79. The Labute approximate surface area is 166 Å². The molecule has 2 aliphatic heterocycles. The van der Waals surface area contributed by atoms with Gasteiger partial charge in [-0.2, -0.15) is 0 Å². The fraction of sp³-hybridized carbons (Fsp3) is 0.565. The van der Waals surface area contributed by atoms with E-state index in [0.717, 1.165) is 35.2 Å². The van der Waals surface area contributed by atoms with Crippen LogP contribution in [0.3, 0.4) is 0 Å². The van der Waals surface area contributed by atoms with Crippen LogP contribution in [0.5, 0.6) is 5.75 Å². The third-order valence-corrected chi connectivity index (χ3v) is 3.37. The highest BCUT2D eigenvalue weighted by Crippen LogP contribution is 2.21. The number of ether oxygens (including phenoxy) is 4. The summed E-state index contributed by atoms with van der Waals surface area (Å²) in [6, 6.07) is 7.87. The second kappa shape index (κ2) is 14.3. The standard InChI is InChI=1S/C11H12O2.C5H8O2.C5H12.C2H6/c1-8(2)9-3-5-10(6-4-9)13-11-7-12-11;1-4(2)7-5-3-6-5;1-4-5(2)3;1-2/h3-6,11H,1,7H2,2H3;5H,1,3H2,2H3;5H,4H2,1-3H3;1-2H3. The first-order valence-electron chi connectivity index (χ1n) is 9.79. The van der Waals surface area contributed by atoms with Gasteiger partial charge in [-0.3, -0.25) is 0 Å². The van der Waals surface area contributed by atoms with Crippen molar-refractivity contribution in [2.45, 2.75) is 67.5 Å². The fourth-order valence-corrected chi connectivity index (χ4v) is 1.41. The molecule has 1 aromatic carbocycles. The van der Waals surface area contributed by atoms with Crippen LogP contribution < -0.4 is 4.74 Å². The number of benzene rings is 1. The Balaban J connectivity index is 0.000000409. The van der Waals surface area contributed by atoms with E-state index in [1.54, 1.807) is 0 Å². The highest BCUT2D eigenvalue weighted by Gasteiger charge is 2.24. The molecule has 0 aromatic heterocycles. The van der Waals surface area contributed by atoms with E-state index in [1.807, 2.05) is 52.0 Å². The summed E-state index contributed by atoms with van der Waals surface area (Å²) < 4.78 is 20.0. The van der Waals surface area contributed by atoms with E-state index >= 15 is 0 Å². The highest BCUT2D eigenvalue weighted by molar-refractivity contribution is 5.61. The molecule has 2 aliphatic rings. The van der Waals surface area contributed by atoms with E-state index in [1.165, 1.54) is 6.42 Å². The molecule has 3 rings (SSSR count). The van der Waals surface area contributed by atoms with E-state index in [2.05, 4.69) is 33.9 Å². The first kappa shape index (κ1) is 25.2. The van der Waals surface area contributed by atoms with Gasteiger partial charge in [-0.05, 0) is 37.5 Å². The lowest BCUT2D eigenvalue weighted by atomic mass is 10.1. The Kier molecular flexibility index (Phi) is 13.4. The molecule has 0 amide bonds. The normalized spacial score (nSPS) is 18.4. The first-order chi connectivity index (χ1) is 12.8. The molecule has 0 radical (unpaired) electrons. The molecule has 2 saturated heterocycles.